The summed E-state index contributed by atoms with van der Waals surface area (Å²) in [6.45, 7) is 6.34. The number of carbonyl (C=O) groups is 1. The smallest absolute Gasteiger partial charge is 0.233 e. The molecule has 32 heavy (non-hydrogen) atoms. The summed E-state index contributed by atoms with van der Waals surface area (Å²) in [5.74, 6) is -0.210. The molecule has 172 valence electrons. The molecule has 2 saturated heterocycles. The lowest BCUT2D eigenvalue weighted by molar-refractivity contribution is -0.214. The first-order valence-electron chi connectivity index (χ1n) is 11.6. The van der Waals surface area contributed by atoms with Gasteiger partial charge in [0.05, 0.1) is 38.0 Å². The predicted octanol–water partition coefficient (Wildman–Crippen LogP) is 3.79. The fourth-order valence-electron chi connectivity index (χ4n) is 4.73. The zero-order valence-corrected chi connectivity index (χ0v) is 18.9. The summed E-state index contributed by atoms with van der Waals surface area (Å²) in [5.41, 5.74) is 2.24. The molecular weight excluding hydrogens is 406 g/mol. The van der Waals surface area contributed by atoms with Crippen LogP contribution in [-0.2, 0) is 37.0 Å². The van der Waals surface area contributed by atoms with Crippen molar-refractivity contribution in [3.05, 3.63) is 71.8 Å². The SMILES string of the molecule is CCOC(OCC)[C@H]1C(=O)N2[C@@H]1C[C@H](OCc1ccccc1)[C@@H]2COCc1ccccc1. The third-order valence-corrected chi connectivity index (χ3v) is 6.23. The van der Waals surface area contributed by atoms with Crippen LogP contribution in [-0.4, -0.2) is 55.1 Å². The molecule has 0 bridgehead atoms. The van der Waals surface area contributed by atoms with Crippen LogP contribution in [0.2, 0.25) is 0 Å². The number of hydrogen-bond donors (Lipinski definition) is 0. The van der Waals surface area contributed by atoms with Crippen LogP contribution in [0.3, 0.4) is 0 Å². The van der Waals surface area contributed by atoms with E-state index in [-0.39, 0.29) is 30.0 Å². The fourth-order valence-corrected chi connectivity index (χ4v) is 4.73. The highest BCUT2D eigenvalue weighted by Gasteiger charge is 2.61. The van der Waals surface area contributed by atoms with Crippen molar-refractivity contribution in [1.29, 1.82) is 0 Å². The van der Waals surface area contributed by atoms with Crippen molar-refractivity contribution in [2.45, 2.75) is 58.0 Å². The van der Waals surface area contributed by atoms with Crippen molar-refractivity contribution in [1.82, 2.24) is 4.90 Å². The van der Waals surface area contributed by atoms with E-state index in [1.807, 2.05) is 67.3 Å². The summed E-state index contributed by atoms with van der Waals surface area (Å²) in [6, 6.07) is 20.1. The minimum absolute atomic E-state index is 0.0525. The molecule has 0 unspecified atom stereocenters. The van der Waals surface area contributed by atoms with Gasteiger partial charge in [0.2, 0.25) is 5.91 Å². The van der Waals surface area contributed by atoms with Crippen LogP contribution in [0, 0.1) is 5.92 Å². The van der Waals surface area contributed by atoms with Gasteiger partial charge in [0.15, 0.2) is 6.29 Å². The lowest BCUT2D eigenvalue weighted by Crippen LogP contribution is -2.65. The number of fused-ring (bicyclic) bond motifs is 1. The van der Waals surface area contributed by atoms with Crippen molar-refractivity contribution >= 4 is 5.91 Å². The largest absolute Gasteiger partial charge is 0.375 e. The van der Waals surface area contributed by atoms with Gasteiger partial charge in [-0.05, 0) is 31.4 Å². The molecule has 6 nitrogen and oxygen atoms in total. The maximum Gasteiger partial charge on any atom is 0.233 e. The molecule has 0 radical (unpaired) electrons. The van der Waals surface area contributed by atoms with Crippen LogP contribution in [0.4, 0.5) is 0 Å². The van der Waals surface area contributed by atoms with Gasteiger partial charge in [-0.15, -0.1) is 0 Å². The van der Waals surface area contributed by atoms with E-state index in [4.69, 9.17) is 18.9 Å². The van der Waals surface area contributed by atoms with Gasteiger partial charge in [-0.3, -0.25) is 4.79 Å². The van der Waals surface area contributed by atoms with Gasteiger partial charge in [0, 0.05) is 13.2 Å². The predicted molar refractivity (Wildman–Crippen MR) is 121 cm³/mol. The van der Waals surface area contributed by atoms with E-state index >= 15 is 0 Å². The van der Waals surface area contributed by atoms with Gasteiger partial charge in [-0.25, -0.2) is 0 Å². The first-order valence-corrected chi connectivity index (χ1v) is 11.6. The average Bonchev–Trinajstić information content (AvgIpc) is 3.13. The number of ether oxygens (including phenoxy) is 4. The summed E-state index contributed by atoms with van der Waals surface area (Å²) in [4.78, 5) is 15.1. The highest BCUT2D eigenvalue weighted by Crippen LogP contribution is 2.43. The molecule has 4 rings (SSSR count). The van der Waals surface area contributed by atoms with Crippen molar-refractivity contribution in [2.24, 2.45) is 5.92 Å². The summed E-state index contributed by atoms with van der Waals surface area (Å²) >= 11 is 0. The molecule has 2 heterocycles. The van der Waals surface area contributed by atoms with Gasteiger partial charge in [-0.2, -0.15) is 0 Å². The highest BCUT2D eigenvalue weighted by atomic mass is 16.7. The van der Waals surface area contributed by atoms with Crippen molar-refractivity contribution in [3.63, 3.8) is 0 Å². The van der Waals surface area contributed by atoms with Crippen molar-refractivity contribution in [2.75, 3.05) is 19.8 Å². The molecule has 0 spiro atoms. The molecular formula is C26H33NO5. The third kappa shape index (κ3) is 5.04. The molecule has 2 aromatic rings. The van der Waals surface area contributed by atoms with E-state index in [2.05, 4.69) is 12.1 Å². The minimum atomic E-state index is -0.502. The molecule has 1 amide bonds. The van der Waals surface area contributed by atoms with E-state index < -0.39 is 6.29 Å². The Morgan fingerprint density at radius 3 is 2.09 bits per heavy atom. The van der Waals surface area contributed by atoms with Crippen molar-refractivity contribution in [3.8, 4) is 0 Å². The normalized spacial score (nSPS) is 24.6. The number of carbonyl (C=O) groups excluding carboxylic acids is 1. The van der Waals surface area contributed by atoms with E-state index in [0.717, 1.165) is 17.5 Å². The number of amides is 1. The minimum Gasteiger partial charge on any atom is -0.375 e. The van der Waals surface area contributed by atoms with E-state index in [0.29, 0.717) is 33.0 Å². The summed E-state index contributed by atoms with van der Waals surface area (Å²) < 4.78 is 23.9. The lowest BCUT2D eigenvalue weighted by Gasteiger charge is -2.47. The first-order chi connectivity index (χ1) is 15.7. The summed E-state index contributed by atoms with van der Waals surface area (Å²) in [7, 11) is 0. The van der Waals surface area contributed by atoms with Crippen LogP contribution < -0.4 is 0 Å². The Labute approximate surface area is 190 Å². The molecule has 2 aromatic carbocycles. The Morgan fingerprint density at radius 1 is 0.906 bits per heavy atom. The van der Waals surface area contributed by atoms with E-state index in [1.54, 1.807) is 0 Å². The van der Waals surface area contributed by atoms with Crippen LogP contribution in [0.25, 0.3) is 0 Å². The van der Waals surface area contributed by atoms with Gasteiger partial charge in [0.25, 0.3) is 0 Å². The number of benzene rings is 2. The quantitative estimate of drug-likeness (QED) is 0.372. The standard InChI is InChI=1S/C26H33NO5/c1-3-30-26(31-4-2)24-21-15-23(32-17-20-13-9-6-10-14-20)22(27(21)25(24)28)18-29-16-19-11-7-5-8-12-19/h5-14,21-24,26H,3-4,15-18H2,1-2H3/t21-,22+,23+,24-/m1/s1. The monoisotopic (exact) mass is 439 g/mol. The molecule has 0 N–H and O–H groups in total. The second kappa shape index (κ2) is 11.1. The molecule has 0 saturated carbocycles. The van der Waals surface area contributed by atoms with Crippen LogP contribution in [0.5, 0.6) is 0 Å². The number of hydrogen-bond acceptors (Lipinski definition) is 5. The maximum atomic E-state index is 13.2. The average molecular weight is 440 g/mol. The topological polar surface area (TPSA) is 57.2 Å². The zero-order valence-electron chi connectivity index (χ0n) is 18.9. The van der Waals surface area contributed by atoms with Gasteiger partial charge in [0.1, 0.15) is 5.92 Å². The maximum absolute atomic E-state index is 13.2. The molecule has 2 fully saturated rings. The van der Waals surface area contributed by atoms with Crippen LogP contribution >= 0.6 is 0 Å². The van der Waals surface area contributed by atoms with E-state index in [9.17, 15) is 4.79 Å². The van der Waals surface area contributed by atoms with Gasteiger partial charge < -0.3 is 23.8 Å². The summed E-state index contributed by atoms with van der Waals surface area (Å²) in [6.07, 6.45) is 0.172. The third-order valence-electron chi connectivity index (χ3n) is 6.23. The molecule has 0 aromatic heterocycles. The zero-order chi connectivity index (χ0) is 22.3. The van der Waals surface area contributed by atoms with E-state index in [1.165, 1.54) is 0 Å². The van der Waals surface area contributed by atoms with Gasteiger partial charge >= 0.3 is 0 Å². The highest BCUT2D eigenvalue weighted by molar-refractivity contribution is 5.87. The Hall–Kier alpha value is -2.25. The number of β-lactam (4-membered cyclic amide) rings is 1. The second-order valence-corrected chi connectivity index (χ2v) is 8.26. The van der Waals surface area contributed by atoms with Crippen LogP contribution in [0.15, 0.2) is 60.7 Å². The Morgan fingerprint density at radius 2 is 1.50 bits per heavy atom. The van der Waals surface area contributed by atoms with Crippen molar-refractivity contribution < 1.29 is 23.7 Å². The first kappa shape index (κ1) is 22.9. The molecule has 2 aliphatic heterocycles. The number of nitrogens with zero attached hydrogens (tertiary/aromatic N) is 1. The Balaban J connectivity index is 1.43. The summed E-state index contributed by atoms with van der Waals surface area (Å²) in [5, 5.41) is 0. The van der Waals surface area contributed by atoms with Crippen LogP contribution in [0.1, 0.15) is 31.4 Å². The van der Waals surface area contributed by atoms with Gasteiger partial charge in [-0.1, -0.05) is 60.7 Å². The Kier molecular flexibility index (Phi) is 7.92. The molecule has 6 heteroatoms. The molecule has 4 atom stereocenters. The lowest BCUT2D eigenvalue weighted by atomic mass is 9.87. The fraction of sp³-hybridized carbons (Fsp3) is 0.500. The molecule has 2 aliphatic rings. The molecule has 0 aliphatic carbocycles. The second-order valence-electron chi connectivity index (χ2n) is 8.26. The Bertz CT molecular complexity index is 840. The number of rotatable bonds is 12.